The predicted molar refractivity (Wildman–Crippen MR) is 64.6 cm³/mol. The molecule has 0 radical (unpaired) electrons. The molecule has 0 saturated carbocycles. The average molecular weight is 206 g/mol. The van der Waals surface area contributed by atoms with Gasteiger partial charge in [0.25, 0.3) is 0 Å². The first-order valence-corrected chi connectivity index (χ1v) is 5.91. The molecule has 84 valence electrons. The Morgan fingerprint density at radius 2 is 2.20 bits per heavy atom. The smallest absolute Gasteiger partial charge is 0.145 e. The fourth-order valence-corrected chi connectivity index (χ4v) is 2.59. The Balaban J connectivity index is 2.86. The van der Waals surface area contributed by atoms with Crippen LogP contribution in [-0.2, 0) is 4.79 Å². The van der Waals surface area contributed by atoms with E-state index in [0.717, 1.165) is 18.3 Å². The summed E-state index contributed by atoms with van der Waals surface area (Å²) in [6.45, 7) is 8.78. The van der Waals surface area contributed by atoms with Gasteiger partial charge in [-0.2, -0.15) is 0 Å². The molecule has 1 heteroatoms. The molecule has 0 aromatic carbocycles. The summed E-state index contributed by atoms with van der Waals surface area (Å²) in [4.78, 5) is 10.8. The van der Waals surface area contributed by atoms with Gasteiger partial charge in [-0.1, -0.05) is 38.5 Å². The third-order valence-electron chi connectivity index (χ3n) is 3.42. The van der Waals surface area contributed by atoms with E-state index in [1.165, 1.54) is 12.0 Å². The fourth-order valence-electron chi connectivity index (χ4n) is 2.59. The molecular formula is C14H22O. The zero-order chi connectivity index (χ0) is 11.4. The highest BCUT2D eigenvalue weighted by Crippen LogP contribution is 2.34. The molecule has 3 atom stereocenters. The Hall–Kier alpha value is -0.850. The second kappa shape index (κ2) is 5.29. The minimum Gasteiger partial charge on any atom is -0.298 e. The van der Waals surface area contributed by atoms with Gasteiger partial charge in [0.2, 0.25) is 0 Å². The summed E-state index contributed by atoms with van der Waals surface area (Å²) in [5.74, 6) is 1.76. The normalized spacial score (nSPS) is 32.4. The summed E-state index contributed by atoms with van der Waals surface area (Å²) in [5.41, 5.74) is 2.44. The Morgan fingerprint density at radius 1 is 1.53 bits per heavy atom. The third-order valence-corrected chi connectivity index (χ3v) is 3.42. The highest BCUT2D eigenvalue weighted by molar-refractivity contribution is 5.73. The van der Waals surface area contributed by atoms with Gasteiger partial charge in [0.15, 0.2) is 0 Å². The van der Waals surface area contributed by atoms with Gasteiger partial charge < -0.3 is 0 Å². The minimum absolute atomic E-state index is 0.536. The van der Waals surface area contributed by atoms with Crippen LogP contribution in [0.25, 0.3) is 0 Å². The van der Waals surface area contributed by atoms with Crippen molar-refractivity contribution in [1.82, 2.24) is 0 Å². The molecular weight excluding hydrogens is 184 g/mol. The first kappa shape index (κ1) is 12.2. The number of carbonyl (C=O) groups is 1. The van der Waals surface area contributed by atoms with Crippen molar-refractivity contribution in [1.29, 1.82) is 0 Å². The maximum Gasteiger partial charge on any atom is 0.145 e. The minimum atomic E-state index is 0.536. The predicted octanol–water partition coefficient (Wildman–Crippen LogP) is 3.76. The molecule has 1 rings (SSSR count). The Morgan fingerprint density at radius 3 is 2.67 bits per heavy atom. The molecule has 0 saturated heterocycles. The van der Waals surface area contributed by atoms with Crippen molar-refractivity contribution < 1.29 is 4.79 Å². The van der Waals surface area contributed by atoms with E-state index in [2.05, 4.69) is 32.9 Å². The monoisotopic (exact) mass is 206 g/mol. The van der Waals surface area contributed by atoms with Crippen molar-refractivity contribution in [2.45, 2.75) is 40.5 Å². The average Bonchev–Trinajstić information content (AvgIpc) is 2.17. The zero-order valence-electron chi connectivity index (χ0n) is 10.3. The van der Waals surface area contributed by atoms with Crippen LogP contribution in [0.1, 0.15) is 40.5 Å². The molecule has 0 amide bonds. The van der Waals surface area contributed by atoms with Crippen LogP contribution in [0.15, 0.2) is 23.3 Å². The molecule has 0 aromatic rings. The van der Waals surface area contributed by atoms with Crippen molar-refractivity contribution in [2.24, 2.45) is 17.8 Å². The summed E-state index contributed by atoms with van der Waals surface area (Å²) in [5, 5.41) is 0. The molecule has 1 aliphatic rings. The molecule has 1 nitrogen and oxygen atoms in total. The van der Waals surface area contributed by atoms with E-state index in [1.54, 1.807) is 0 Å². The van der Waals surface area contributed by atoms with Gasteiger partial charge in [0.05, 0.1) is 0 Å². The zero-order valence-corrected chi connectivity index (χ0v) is 10.3. The lowest BCUT2D eigenvalue weighted by Crippen LogP contribution is -2.21. The number of aldehydes is 1. The second-order valence-electron chi connectivity index (χ2n) is 4.84. The summed E-state index contributed by atoms with van der Waals surface area (Å²) < 4.78 is 0. The fraction of sp³-hybridized carbons (Fsp3) is 0.643. The van der Waals surface area contributed by atoms with Crippen molar-refractivity contribution in [3.8, 4) is 0 Å². The van der Waals surface area contributed by atoms with Gasteiger partial charge in [-0.05, 0) is 43.1 Å². The highest BCUT2D eigenvalue weighted by Gasteiger charge is 2.24. The topological polar surface area (TPSA) is 17.1 Å². The summed E-state index contributed by atoms with van der Waals surface area (Å²) in [6.07, 6.45) is 7.55. The summed E-state index contributed by atoms with van der Waals surface area (Å²) >= 11 is 0. The van der Waals surface area contributed by atoms with Gasteiger partial charge in [-0.25, -0.2) is 0 Å². The van der Waals surface area contributed by atoms with Crippen molar-refractivity contribution in [2.75, 3.05) is 0 Å². The van der Waals surface area contributed by atoms with Gasteiger partial charge in [-0.3, -0.25) is 4.79 Å². The molecule has 0 spiro atoms. The van der Waals surface area contributed by atoms with E-state index >= 15 is 0 Å². The molecule has 0 N–H and O–H groups in total. The first-order valence-electron chi connectivity index (χ1n) is 5.91. The van der Waals surface area contributed by atoms with Crippen LogP contribution in [0.2, 0.25) is 0 Å². The van der Waals surface area contributed by atoms with Gasteiger partial charge in [-0.15, -0.1) is 0 Å². The Bertz CT molecular complexity index is 286. The largest absolute Gasteiger partial charge is 0.298 e. The van der Waals surface area contributed by atoms with E-state index in [1.807, 2.05) is 6.92 Å². The van der Waals surface area contributed by atoms with E-state index in [-0.39, 0.29) is 0 Å². The standard InChI is InChI=1S/C14H22O/c1-5-13(9-15)8-14-11(3)6-10(2)7-12(14)4/h6,8-9,11-12,14H,5,7H2,1-4H3/b13-8-. The maximum absolute atomic E-state index is 10.8. The molecule has 15 heavy (non-hydrogen) atoms. The van der Waals surface area contributed by atoms with Gasteiger partial charge in [0.1, 0.15) is 6.29 Å². The van der Waals surface area contributed by atoms with Crippen LogP contribution in [-0.4, -0.2) is 6.29 Å². The van der Waals surface area contributed by atoms with Gasteiger partial charge >= 0.3 is 0 Å². The molecule has 3 unspecified atom stereocenters. The third kappa shape index (κ3) is 3.05. The highest BCUT2D eigenvalue weighted by atomic mass is 16.1. The number of allylic oxidation sites excluding steroid dienone is 4. The molecule has 0 aromatic heterocycles. The lowest BCUT2D eigenvalue weighted by atomic mass is 9.74. The maximum atomic E-state index is 10.8. The van der Waals surface area contributed by atoms with E-state index in [9.17, 15) is 4.79 Å². The van der Waals surface area contributed by atoms with E-state index in [4.69, 9.17) is 0 Å². The van der Waals surface area contributed by atoms with Crippen LogP contribution >= 0.6 is 0 Å². The van der Waals surface area contributed by atoms with Crippen molar-refractivity contribution >= 4 is 6.29 Å². The van der Waals surface area contributed by atoms with Crippen molar-refractivity contribution in [3.63, 3.8) is 0 Å². The lowest BCUT2D eigenvalue weighted by molar-refractivity contribution is -0.105. The Labute approximate surface area is 93.3 Å². The van der Waals surface area contributed by atoms with Crippen LogP contribution in [0.5, 0.6) is 0 Å². The van der Waals surface area contributed by atoms with E-state index in [0.29, 0.717) is 17.8 Å². The first-order chi connectivity index (χ1) is 7.08. The molecule has 0 bridgehead atoms. The van der Waals surface area contributed by atoms with Crippen LogP contribution in [0.3, 0.4) is 0 Å². The SMILES string of the molecule is CC/C(C=O)=C/C1C(C)C=C(C)CC1C. The van der Waals surface area contributed by atoms with Crippen LogP contribution < -0.4 is 0 Å². The van der Waals surface area contributed by atoms with Crippen LogP contribution in [0.4, 0.5) is 0 Å². The number of hydrogen-bond acceptors (Lipinski definition) is 1. The number of hydrogen-bond donors (Lipinski definition) is 0. The van der Waals surface area contributed by atoms with Crippen molar-refractivity contribution in [3.05, 3.63) is 23.3 Å². The second-order valence-corrected chi connectivity index (χ2v) is 4.84. The number of carbonyl (C=O) groups excluding carboxylic acids is 1. The molecule has 0 heterocycles. The van der Waals surface area contributed by atoms with E-state index < -0.39 is 0 Å². The lowest BCUT2D eigenvalue weighted by Gasteiger charge is -2.31. The number of rotatable bonds is 3. The molecule has 0 aliphatic heterocycles. The van der Waals surface area contributed by atoms with Crippen LogP contribution in [0, 0.1) is 17.8 Å². The summed E-state index contributed by atoms with van der Waals surface area (Å²) in [6, 6.07) is 0. The van der Waals surface area contributed by atoms with Gasteiger partial charge in [0, 0.05) is 0 Å². The quantitative estimate of drug-likeness (QED) is 0.390. The Kier molecular flexibility index (Phi) is 4.31. The molecule has 0 fully saturated rings. The molecule has 1 aliphatic carbocycles. The summed E-state index contributed by atoms with van der Waals surface area (Å²) in [7, 11) is 0.